The van der Waals surface area contributed by atoms with Gasteiger partial charge in [-0.1, -0.05) is 18.2 Å². The average molecular weight is 310 g/mol. The number of sulfonamides is 1. The maximum absolute atomic E-state index is 12.1. The van der Waals surface area contributed by atoms with Gasteiger partial charge < -0.3 is 14.8 Å². The van der Waals surface area contributed by atoms with Crippen LogP contribution in [0.1, 0.15) is 16.1 Å². The first kappa shape index (κ1) is 15.1. The molecule has 0 atom stereocenters. The molecular weight excluding hydrogens is 296 g/mol. The van der Waals surface area contributed by atoms with E-state index < -0.39 is 16.0 Å². The molecule has 112 valence electrons. The fourth-order valence-electron chi connectivity index (χ4n) is 1.81. The number of aromatic carboxylic acids is 1. The van der Waals surface area contributed by atoms with Crippen molar-refractivity contribution in [2.24, 2.45) is 7.05 Å². The van der Waals surface area contributed by atoms with Crippen LogP contribution in [0.5, 0.6) is 5.75 Å². The normalized spacial score (nSPS) is 11.5. The van der Waals surface area contributed by atoms with Crippen molar-refractivity contribution in [1.29, 1.82) is 0 Å². The number of hydrogen-bond acceptors (Lipinski definition) is 4. The maximum atomic E-state index is 12.1. The van der Waals surface area contributed by atoms with Gasteiger partial charge in [-0.25, -0.2) is 17.9 Å². The van der Waals surface area contributed by atoms with Crippen molar-refractivity contribution in [3.8, 4) is 5.75 Å². The standard InChI is InChI=1S/C13H14N2O5S/c1-15-8-10(6-11(15)13(17)18)21(19,20)14-7-9-4-2-3-5-12(9)16/h2-6,8,14,16H,7H2,1H3,(H,17,18). The Kier molecular flexibility index (Phi) is 4.01. The number of nitrogens with zero attached hydrogens (tertiary/aromatic N) is 1. The van der Waals surface area contributed by atoms with Crippen LogP contribution in [0.3, 0.4) is 0 Å². The number of carboxylic acids is 1. The summed E-state index contributed by atoms with van der Waals surface area (Å²) in [6.07, 6.45) is 1.22. The molecule has 8 heteroatoms. The number of aryl methyl sites for hydroxylation is 1. The third-order valence-corrected chi connectivity index (χ3v) is 4.32. The summed E-state index contributed by atoms with van der Waals surface area (Å²) in [5.41, 5.74) is 0.299. The zero-order valence-corrected chi connectivity index (χ0v) is 12.0. The molecule has 2 aromatic rings. The summed E-state index contributed by atoms with van der Waals surface area (Å²) in [5, 5.41) is 18.5. The van der Waals surface area contributed by atoms with Crippen LogP contribution >= 0.6 is 0 Å². The molecule has 7 nitrogen and oxygen atoms in total. The number of phenolic OH excluding ortho intramolecular Hbond substituents is 1. The molecule has 0 saturated carbocycles. The molecule has 2 rings (SSSR count). The Labute approximate surface area is 121 Å². The zero-order valence-electron chi connectivity index (χ0n) is 11.1. The Bertz CT molecular complexity index is 780. The molecule has 1 aromatic carbocycles. The van der Waals surface area contributed by atoms with Crippen LogP contribution in [-0.2, 0) is 23.6 Å². The number of para-hydroxylation sites is 1. The monoisotopic (exact) mass is 310 g/mol. The third-order valence-electron chi connectivity index (χ3n) is 2.95. The van der Waals surface area contributed by atoms with Gasteiger partial charge in [0.25, 0.3) is 0 Å². The number of hydrogen-bond donors (Lipinski definition) is 3. The second-order valence-corrected chi connectivity index (χ2v) is 6.20. The number of phenols is 1. The van der Waals surface area contributed by atoms with Crippen molar-refractivity contribution in [2.75, 3.05) is 0 Å². The van der Waals surface area contributed by atoms with E-state index in [1.54, 1.807) is 18.2 Å². The van der Waals surface area contributed by atoms with E-state index in [0.717, 1.165) is 6.07 Å². The molecule has 0 aliphatic heterocycles. The summed E-state index contributed by atoms with van der Waals surface area (Å²) in [6, 6.07) is 7.42. The van der Waals surface area contributed by atoms with E-state index in [1.807, 2.05) is 0 Å². The zero-order chi connectivity index (χ0) is 15.6. The number of carbonyl (C=O) groups is 1. The smallest absolute Gasteiger partial charge is 0.352 e. The van der Waals surface area contributed by atoms with Crippen molar-refractivity contribution in [1.82, 2.24) is 9.29 Å². The minimum Gasteiger partial charge on any atom is -0.508 e. The van der Waals surface area contributed by atoms with Crippen LogP contribution in [0.4, 0.5) is 0 Å². The molecule has 0 amide bonds. The molecular formula is C13H14N2O5S. The predicted molar refractivity (Wildman–Crippen MR) is 74.5 cm³/mol. The van der Waals surface area contributed by atoms with Gasteiger partial charge in [-0.3, -0.25) is 0 Å². The Morgan fingerprint density at radius 3 is 2.57 bits per heavy atom. The Morgan fingerprint density at radius 1 is 1.33 bits per heavy atom. The fraction of sp³-hybridized carbons (Fsp3) is 0.154. The van der Waals surface area contributed by atoms with E-state index >= 15 is 0 Å². The molecule has 0 fully saturated rings. The maximum Gasteiger partial charge on any atom is 0.352 e. The predicted octanol–water partition coefficient (Wildman–Crippen LogP) is 0.907. The third kappa shape index (κ3) is 3.23. The van der Waals surface area contributed by atoms with Crippen LogP contribution in [0, 0.1) is 0 Å². The highest BCUT2D eigenvalue weighted by atomic mass is 32.2. The molecule has 0 radical (unpaired) electrons. The number of nitrogens with one attached hydrogen (secondary N) is 1. The molecule has 0 saturated heterocycles. The van der Waals surface area contributed by atoms with Crippen LogP contribution in [0.2, 0.25) is 0 Å². The van der Waals surface area contributed by atoms with E-state index in [2.05, 4.69) is 4.72 Å². The van der Waals surface area contributed by atoms with Gasteiger partial charge in [0, 0.05) is 25.4 Å². The second-order valence-electron chi connectivity index (χ2n) is 4.43. The molecule has 1 heterocycles. The molecule has 0 bridgehead atoms. The summed E-state index contributed by atoms with van der Waals surface area (Å²) in [7, 11) is -2.41. The summed E-state index contributed by atoms with van der Waals surface area (Å²) in [6.45, 7) is -0.0910. The first-order chi connectivity index (χ1) is 9.81. The van der Waals surface area contributed by atoms with Gasteiger partial charge in [-0.2, -0.15) is 0 Å². The summed E-state index contributed by atoms with van der Waals surface area (Å²) < 4.78 is 27.7. The van der Waals surface area contributed by atoms with Crippen molar-refractivity contribution in [2.45, 2.75) is 11.4 Å². The largest absolute Gasteiger partial charge is 0.508 e. The minimum absolute atomic E-state index is 0.0144. The lowest BCUT2D eigenvalue weighted by Gasteiger charge is -2.06. The van der Waals surface area contributed by atoms with Crippen molar-refractivity contribution in [3.05, 3.63) is 47.8 Å². The molecule has 0 unspecified atom stereocenters. The molecule has 0 aliphatic carbocycles. The summed E-state index contributed by atoms with van der Waals surface area (Å²) >= 11 is 0. The summed E-state index contributed by atoms with van der Waals surface area (Å²) in [5.74, 6) is -1.22. The number of aromatic nitrogens is 1. The van der Waals surface area contributed by atoms with Gasteiger partial charge in [0.05, 0.1) is 0 Å². The van der Waals surface area contributed by atoms with Gasteiger partial charge in [-0.05, 0) is 12.1 Å². The number of aromatic hydroxyl groups is 1. The first-order valence-corrected chi connectivity index (χ1v) is 7.46. The molecule has 0 spiro atoms. The number of rotatable bonds is 5. The van der Waals surface area contributed by atoms with Crippen molar-refractivity contribution < 1.29 is 23.4 Å². The fourth-order valence-corrected chi connectivity index (χ4v) is 2.89. The topological polar surface area (TPSA) is 109 Å². The molecule has 3 N–H and O–H groups in total. The Morgan fingerprint density at radius 2 is 2.00 bits per heavy atom. The average Bonchev–Trinajstić information content (AvgIpc) is 2.81. The number of benzene rings is 1. The lowest BCUT2D eigenvalue weighted by Crippen LogP contribution is -2.22. The Balaban J connectivity index is 2.21. The number of carboxylic acid groups (broad SMARTS) is 1. The van der Waals surface area contributed by atoms with Crippen LogP contribution < -0.4 is 4.72 Å². The van der Waals surface area contributed by atoms with E-state index in [9.17, 15) is 18.3 Å². The quantitative estimate of drug-likeness (QED) is 0.760. The Hall–Kier alpha value is -2.32. The van der Waals surface area contributed by atoms with Gasteiger partial charge in [-0.15, -0.1) is 0 Å². The first-order valence-electron chi connectivity index (χ1n) is 5.97. The summed E-state index contributed by atoms with van der Waals surface area (Å²) in [4.78, 5) is 10.8. The van der Waals surface area contributed by atoms with E-state index in [-0.39, 0.29) is 22.9 Å². The second kappa shape index (κ2) is 5.58. The van der Waals surface area contributed by atoms with Gasteiger partial charge in [0.1, 0.15) is 16.3 Å². The minimum atomic E-state index is -3.86. The van der Waals surface area contributed by atoms with Crippen LogP contribution in [-0.4, -0.2) is 29.2 Å². The SMILES string of the molecule is Cn1cc(S(=O)(=O)NCc2ccccc2O)cc1C(=O)O. The van der Waals surface area contributed by atoms with Crippen molar-refractivity contribution >= 4 is 16.0 Å². The lowest BCUT2D eigenvalue weighted by molar-refractivity contribution is 0.0686. The highest BCUT2D eigenvalue weighted by Gasteiger charge is 2.20. The molecule has 1 aromatic heterocycles. The lowest BCUT2D eigenvalue weighted by atomic mass is 10.2. The van der Waals surface area contributed by atoms with E-state index in [4.69, 9.17) is 5.11 Å². The van der Waals surface area contributed by atoms with Crippen LogP contribution in [0.15, 0.2) is 41.4 Å². The highest BCUT2D eigenvalue weighted by Crippen LogP contribution is 2.17. The van der Waals surface area contributed by atoms with Gasteiger partial charge in [0.15, 0.2) is 0 Å². The van der Waals surface area contributed by atoms with Gasteiger partial charge >= 0.3 is 5.97 Å². The van der Waals surface area contributed by atoms with Crippen LogP contribution in [0.25, 0.3) is 0 Å². The van der Waals surface area contributed by atoms with Crippen molar-refractivity contribution in [3.63, 3.8) is 0 Å². The van der Waals surface area contributed by atoms with E-state index in [0.29, 0.717) is 5.56 Å². The highest BCUT2D eigenvalue weighted by molar-refractivity contribution is 7.89. The van der Waals surface area contributed by atoms with E-state index in [1.165, 1.54) is 23.9 Å². The molecule has 21 heavy (non-hydrogen) atoms. The molecule has 0 aliphatic rings. The van der Waals surface area contributed by atoms with Gasteiger partial charge in [0.2, 0.25) is 10.0 Å².